The Bertz CT molecular complexity index is 488. The largest absolute Gasteiger partial charge is 0.478 e. The molecule has 1 aromatic rings. The fraction of sp³-hybridized carbons (Fsp3) is 0.462. The quantitative estimate of drug-likeness (QED) is 0.894. The number of piperidine rings is 1. The second kappa shape index (κ2) is 5.88. The molecule has 1 heterocycles. The molecule has 0 amide bonds. The van der Waals surface area contributed by atoms with E-state index in [1.807, 2.05) is 0 Å². The van der Waals surface area contributed by atoms with Crippen molar-refractivity contribution in [3.05, 3.63) is 28.0 Å². The maximum atomic E-state index is 14.1. The van der Waals surface area contributed by atoms with E-state index in [1.54, 1.807) is 0 Å². The Morgan fingerprint density at radius 2 is 2.11 bits per heavy atom. The average molecular weight is 331 g/mol. The summed E-state index contributed by atoms with van der Waals surface area (Å²) >= 11 is 3.00. The minimum atomic E-state index is -1.14. The zero-order chi connectivity index (χ0) is 14.0. The number of hydrogen-bond donors (Lipinski definition) is 2. The number of benzene rings is 1. The van der Waals surface area contributed by atoms with Crippen molar-refractivity contribution in [2.24, 2.45) is 0 Å². The molecule has 6 heteroatoms. The molecule has 1 fully saturated rings. The summed E-state index contributed by atoms with van der Waals surface area (Å²) in [5.74, 6) is -1.68. The Morgan fingerprint density at radius 1 is 1.47 bits per heavy atom. The van der Waals surface area contributed by atoms with Crippen LogP contribution in [0.1, 0.15) is 23.2 Å². The van der Waals surface area contributed by atoms with E-state index in [0.717, 1.165) is 25.9 Å². The number of hydrogen-bond acceptors (Lipinski definition) is 3. The normalized spacial score (nSPS) is 17.4. The number of halogens is 2. The Morgan fingerprint density at radius 3 is 2.68 bits per heavy atom. The number of aromatic carboxylic acids is 1. The second-order valence-corrected chi connectivity index (χ2v) is 5.61. The molecule has 0 unspecified atom stereocenters. The summed E-state index contributed by atoms with van der Waals surface area (Å²) in [5, 5.41) is 12.1. The number of carbonyl (C=O) groups is 1. The van der Waals surface area contributed by atoms with Crippen molar-refractivity contribution in [3.8, 4) is 0 Å². The minimum Gasteiger partial charge on any atom is -0.478 e. The number of nitrogens with one attached hydrogen (secondary N) is 1. The van der Waals surface area contributed by atoms with E-state index in [0.29, 0.717) is 5.69 Å². The third-order valence-electron chi connectivity index (χ3n) is 3.39. The summed E-state index contributed by atoms with van der Waals surface area (Å²) in [6.07, 6.45) is 1.91. The Hall–Kier alpha value is -1.14. The average Bonchev–Trinajstić information content (AvgIpc) is 2.37. The minimum absolute atomic E-state index is 0.00192. The lowest BCUT2D eigenvalue weighted by Crippen LogP contribution is -2.36. The Kier molecular flexibility index (Phi) is 4.42. The van der Waals surface area contributed by atoms with Gasteiger partial charge < -0.3 is 15.3 Å². The van der Waals surface area contributed by atoms with Gasteiger partial charge in [0, 0.05) is 6.04 Å². The monoisotopic (exact) mass is 330 g/mol. The van der Waals surface area contributed by atoms with Crippen molar-refractivity contribution in [1.82, 2.24) is 4.90 Å². The zero-order valence-corrected chi connectivity index (χ0v) is 12.2. The highest BCUT2D eigenvalue weighted by molar-refractivity contribution is 9.10. The molecule has 0 bridgehead atoms. The fourth-order valence-electron chi connectivity index (χ4n) is 2.20. The fourth-order valence-corrected chi connectivity index (χ4v) is 2.71. The maximum absolute atomic E-state index is 14.1. The van der Waals surface area contributed by atoms with Crippen LogP contribution in [-0.4, -0.2) is 42.2 Å². The molecule has 0 atom stereocenters. The van der Waals surface area contributed by atoms with Crippen molar-refractivity contribution < 1.29 is 14.3 Å². The van der Waals surface area contributed by atoms with Crippen LogP contribution >= 0.6 is 15.9 Å². The van der Waals surface area contributed by atoms with Crippen LogP contribution in [0, 0.1) is 5.82 Å². The van der Waals surface area contributed by atoms with Gasteiger partial charge in [-0.15, -0.1) is 0 Å². The molecule has 104 valence electrons. The molecule has 1 aromatic carbocycles. The SMILES string of the molecule is CN1CCC(Nc2ccc(C(=O)O)c(Br)c2F)CC1. The molecule has 1 aliphatic heterocycles. The lowest BCUT2D eigenvalue weighted by Gasteiger charge is -2.30. The molecule has 0 saturated carbocycles. The Balaban J connectivity index is 2.13. The van der Waals surface area contributed by atoms with Crippen LogP contribution in [0.2, 0.25) is 0 Å². The van der Waals surface area contributed by atoms with Crippen molar-refractivity contribution in [2.75, 3.05) is 25.5 Å². The number of carboxylic acids is 1. The van der Waals surface area contributed by atoms with Gasteiger partial charge in [-0.25, -0.2) is 9.18 Å². The van der Waals surface area contributed by atoms with Gasteiger partial charge in [-0.05, 0) is 61.0 Å². The second-order valence-electron chi connectivity index (χ2n) is 4.82. The highest BCUT2D eigenvalue weighted by atomic mass is 79.9. The van der Waals surface area contributed by atoms with Crippen LogP contribution < -0.4 is 5.32 Å². The summed E-state index contributed by atoms with van der Waals surface area (Å²) in [6.45, 7) is 1.96. The van der Waals surface area contributed by atoms with Gasteiger partial charge >= 0.3 is 5.97 Å². The van der Waals surface area contributed by atoms with E-state index < -0.39 is 11.8 Å². The zero-order valence-electron chi connectivity index (χ0n) is 10.6. The lowest BCUT2D eigenvalue weighted by molar-refractivity contribution is 0.0695. The van der Waals surface area contributed by atoms with Gasteiger partial charge in [0.15, 0.2) is 5.82 Å². The summed E-state index contributed by atoms with van der Waals surface area (Å²) in [4.78, 5) is 13.1. The number of carboxylic acid groups (broad SMARTS) is 1. The van der Waals surface area contributed by atoms with Gasteiger partial charge in [-0.3, -0.25) is 0 Å². The predicted octanol–water partition coefficient (Wildman–Crippen LogP) is 2.79. The van der Waals surface area contributed by atoms with E-state index in [4.69, 9.17) is 5.11 Å². The summed E-state index contributed by atoms with van der Waals surface area (Å²) in [5.41, 5.74) is 0.290. The third kappa shape index (κ3) is 3.25. The van der Waals surface area contributed by atoms with Crippen molar-refractivity contribution in [2.45, 2.75) is 18.9 Å². The first-order valence-corrected chi connectivity index (χ1v) is 6.94. The number of anilines is 1. The van der Waals surface area contributed by atoms with E-state index in [-0.39, 0.29) is 16.1 Å². The highest BCUT2D eigenvalue weighted by Crippen LogP contribution is 2.28. The van der Waals surface area contributed by atoms with Crippen LogP contribution in [0.25, 0.3) is 0 Å². The van der Waals surface area contributed by atoms with E-state index >= 15 is 0 Å². The van der Waals surface area contributed by atoms with Crippen LogP contribution in [-0.2, 0) is 0 Å². The van der Waals surface area contributed by atoms with E-state index in [1.165, 1.54) is 12.1 Å². The smallest absolute Gasteiger partial charge is 0.336 e. The van der Waals surface area contributed by atoms with E-state index in [9.17, 15) is 9.18 Å². The Labute approximate surface area is 119 Å². The molecular weight excluding hydrogens is 315 g/mol. The summed E-state index contributed by atoms with van der Waals surface area (Å²) in [6, 6.07) is 3.13. The first-order chi connectivity index (χ1) is 8.99. The first kappa shape index (κ1) is 14.3. The molecule has 4 nitrogen and oxygen atoms in total. The van der Waals surface area contributed by atoms with Gasteiger partial charge in [0.1, 0.15) is 0 Å². The first-order valence-electron chi connectivity index (χ1n) is 6.15. The van der Waals surface area contributed by atoms with Gasteiger partial charge in [-0.1, -0.05) is 0 Å². The molecule has 2 N–H and O–H groups in total. The maximum Gasteiger partial charge on any atom is 0.336 e. The lowest BCUT2D eigenvalue weighted by atomic mass is 10.0. The van der Waals surface area contributed by atoms with Crippen LogP contribution in [0.15, 0.2) is 16.6 Å². The number of likely N-dealkylation sites (tertiary alicyclic amines) is 1. The number of nitrogens with zero attached hydrogens (tertiary/aromatic N) is 1. The van der Waals surface area contributed by atoms with Gasteiger partial charge in [-0.2, -0.15) is 0 Å². The van der Waals surface area contributed by atoms with E-state index in [2.05, 4.69) is 33.2 Å². The molecule has 1 saturated heterocycles. The van der Waals surface area contributed by atoms with Crippen LogP contribution in [0.5, 0.6) is 0 Å². The third-order valence-corrected chi connectivity index (χ3v) is 4.17. The van der Waals surface area contributed by atoms with Crippen LogP contribution in [0.4, 0.5) is 10.1 Å². The van der Waals surface area contributed by atoms with Gasteiger partial charge in [0.25, 0.3) is 0 Å². The van der Waals surface area contributed by atoms with Gasteiger partial charge in [0.05, 0.1) is 15.7 Å². The van der Waals surface area contributed by atoms with Crippen molar-refractivity contribution in [1.29, 1.82) is 0 Å². The standard InChI is InChI=1S/C13H16BrFN2O2/c1-17-6-4-8(5-7-17)16-10-3-2-9(13(18)19)11(14)12(10)15/h2-3,8,16H,4-7H2,1H3,(H,18,19). The van der Waals surface area contributed by atoms with Crippen molar-refractivity contribution in [3.63, 3.8) is 0 Å². The topological polar surface area (TPSA) is 52.6 Å². The number of rotatable bonds is 3. The molecular formula is C13H16BrFN2O2. The highest BCUT2D eigenvalue weighted by Gasteiger charge is 2.20. The predicted molar refractivity (Wildman–Crippen MR) is 75.2 cm³/mol. The van der Waals surface area contributed by atoms with Gasteiger partial charge in [0.2, 0.25) is 0 Å². The molecule has 0 spiro atoms. The molecule has 1 aliphatic rings. The summed E-state index contributed by atoms with van der Waals surface area (Å²) < 4.78 is 14.1. The molecule has 0 aliphatic carbocycles. The van der Waals surface area contributed by atoms with Crippen LogP contribution in [0.3, 0.4) is 0 Å². The molecule has 0 radical (unpaired) electrons. The van der Waals surface area contributed by atoms with Crippen molar-refractivity contribution >= 4 is 27.6 Å². The molecule has 19 heavy (non-hydrogen) atoms. The molecule has 0 aromatic heterocycles. The summed E-state index contributed by atoms with van der Waals surface area (Å²) in [7, 11) is 2.06. The molecule has 2 rings (SSSR count).